The molecule has 0 aliphatic carbocycles. The first kappa shape index (κ1) is 34.4. The number of carbonyl (C=O) groups excluding carboxylic acids is 1. The van der Waals surface area contributed by atoms with Crippen LogP contribution in [0.3, 0.4) is 0 Å². The Bertz CT molecular complexity index is 1890. The van der Waals surface area contributed by atoms with Gasteiger partial charge in [0.15, 0.2) is 6.29 Å². The van der Waals surface area contributed by atoms with Gasteiger partial charge in [0, 0.05) is 43.9 Å². The summed E-state index contributed by atoms with van der Waals surface area (Å²) in [7, 11) is 0. The highest BCUT2D eigenvalue weighted by atomic mass is 16.7. The smallest absolute Gasteiger partial charge is 0.319 e. The van der Waals surface area contributed by atoms with Crippen LogP contribution in [0.2, 0.25) is 0 Å². The molecule has 9 heteroatoms. The lowest BCUT2D eigenvalue weighted by atomic mass is 9.98. The Morgan fingerprint density at radius 2 is 1.53 bits per heavy atom. The van der Waals surface area contributed by atoms with E-state index < -0.39 is 6.29 Å². The number of urea groups is 1. The summed E-state index contributed by atoms with van der Waals surface area (Å²) in [5.74, 6) is 1.44. The van der Waals surface area contributed by atoms with Crippen molar-refractivity contribution in [1.29, 1.82) is 0 Å². The largest absolute Gasteiger partial charge is 0.457 e. The van der Waals surface area contributed by atoms with Crippen LogP contribution in [-0.2, 0) is 22.6 Å². The zero-order chi connectivity index (χ0) is 35.0. The molecule has 0 aromatic heterocycles. The maximum Gasteiger partial charge on any atom is 0.319 e. The zero-order valence-electron chi connectivity index (χ0n) is 28.4. The van der Waals surface area contributed by atoms with Crippen LogP contribution in [0.4, 0.5) is 10.5 Å². The van der Waals surface area contributed by atoms with E-state index in [1.807, 2.05) is 91.0 Å². The van der Waals surface area contributed by atoms with Crippen molar-refractivity contribution in [3.05, 3.63) is 150 Å². The number of β-amino-alcohol motifs (C(OH)–C–C–N with tert-alkyl or cyclic N) is 1. The number of aliphatic hydroxyl groups is 2. The SMILES string of the molecule is O=C(NCc1cccc(-c2cccc([C@@H]3O[C@H](CN4CC[C@H](O)C4)C[C@H](c4ccc(CO)cc4)O3)c2)c1)Nc1ccc(Oc2ccccc2)cc1. The molecule has 5 aromatic carbocycles. The molecule has 51 heavy (non-hydrogen) atoms. The summed E-state index contributed by atoms with van der Waals surface area (Å²) < 4.78 is 19.0. The number of likely N-dealkylation sites (tertiary alicyclic amines) is 1. The van der Waals surface area contributed by atoms with Crippen molar-refractivity contribution in [1.82, 2.24) is 10.2 Å². The minimum absolute atomic E-state index is 0.00478. The number of hydrogen-bond donors (Lipinski definition) is 4. The average molecular weight is 686 g/mol. The second kappa shape index (κ2) is 16.3. The molecule has 2 fully saturated rings. The predicted molar refractivity (Wildman–Crippen MR) is 196 cm³/mol. The number of benzene rings is 5. The third-order valence-electron chi connectivity index (χ3n) is 9.29. The molecule has 5 aromatic rings. The number of carbonyl (C=O) groups is 1. The fourth-order valence-corrected chi connectivity index (χ4v) is 6.61. The average Bonchev–Trinajstić information content (AvgIpc) is 3.59. The van der Waals surface area contributed by atoms with Gasteiger partial charge in [-0.1, -0.05) is 78.9 Å². The van der Waals surface area contributed by atoms with E-state index in [1.54, 1.807) is 12.1 Å². The summed E-state index contributed by atoms with van der Waals surface area (Å²) in [6, 6.07) is 40.7. The lowest BCUT2D eigenvalue weighted by molar-refractivity contribution is -0.252. The minimum atomic E-state index is -0.578. The number of aliphatic hydroxyl groups excluding tert-OH is 2. The summed E-state index contributed by atoms with van der Waals surface area (Å²) in [5.41, 5.74) is 6.47. The number of ether oxygens (including phenoxy) is 3. The van der Waals surface area contributed by atoms with Crippen LogP contribution in [0.25, 0.3) is 11.1 Å². The van der Waals surface area contributed by atoms with E-state index in [-0.39, 0.29) is 30.9 Å². The lowest BCUT2D eigenvalue weighted by Crippen LogP contribution is -2.38. The van der Waals surface area contributed by atoms with Crippen LogP contribution >= 0.6 is 0 Å². The van der Waals surface area contributed by atoms with Gasteiger partial charge in [-0.15, -0.1) is 0 Å². The molecular weight excluding hydrogens is 642 g/mol. The van der Waals surface area contributed by atoms with Crippen LogP contribution in [0, 0.1) is 0 Å². The predicted octanol–water partition coefficient (Wildman–Crippen LogP) is 7.57. The molecule has 0 saturated carbocycles. The third kappa shape index (κ3) is 9.21. The van der Waals surface area contributed by atoms with Gasteiger partial charge in [-0.05, 0) is 82.8 Å². The normalized spacial score (nSPS) is 20.5. The van der Waals surface area contributed by atoms with Gasteiger partial charge in [0.25, 0.3) is 0 Å². The van der Waals surface area contributed by atoms with Gasteiger partial charge in [0.05, 0.1) is 24.9 Å². The van der Waals surface area contributed by atoms with Crippen molar-refractivity contribution in [2.75, 3.05) is 25.0 Å². The summed E-state index contributed by atoms with van der Waals surface area (Å²) in [6.45, 7) is 2.57. The van der Waals surface area contributed by atoms with Crippen LogP contribution in [0.5, 0.6) is 11.5 Å². The molecule has 0 radical (unpaired) electrons. The topological polar surface area (TPSA) is 113 Å². The van der Waals surface area contributed by atoms with Gasteiger partial charge >= 0.3 is 6.03 Å². The molecule has 0 bridgehead atoms. The van der Waals surface area contributed by atoms with E-state index in [0.717, 1.165) is 58.6 Å². The van der Waals surface area contributed by atoms with Gasteiger partial charge in [-0.2, -0.15) is 0 Å². The zero-order valence-corrected chi connectivity index (χ0v) is 28.4. The molecule has 9 nitrogen and oxygen atoms in total. The fraction of sp³-hybridized carbons (Fsp3) is 0.262. The van der Waals surface area contributed by atoms with Crippen molar-refractivity contribution in [2.45, 2.75) is 50.6 Å². The monoisotopic (exact) mass is 685 g/mol. The van der Waals surface area contributed by atoms with Crippen LogP contribution in [0.15, 0.2) is 127 Å². The van der Waals surface area contributed by atoms with Gasteiger partial charge < -0.3 is 35.1 Å². The molecule has 0 unspecified atom stereocenters. The first-order valence-electron chi connectivity index (χ1n) is 17.5. The molecule has 2 heterocycles. The molecule has 2 aliphatic rings. The van der Waals surface area contributed by atoms with Gasteiger partial charge in [-0.3, -0.25) is 4.90 Å². The van der Waals surface area contributed by atoms with E-state index in [1.165, 1.54) is 0 Å². The maximum atomic E-state index is 12.7. The molecule has 2 amide bonds. The van der Waals surface area contributed by atoms with Crippen molar-refractivity contribution in [3.8, 4) is 22.6 Å². The van der Waals surface area contributed by atoms with Crippen molar-refractivity contribution < 1.29 is 29.2 Å². The number of para-hydroxylation sites is 1. The van der Waals surface area contributed by atoms with Gasteiger partial charge in [0.2, 0.25) is 0 Å². The second-order valence-electron chi connectivity index (χ2n) is 13.1. The summed E-state index contributed by atoms with van der Waals surface area (Å²) in [5, 5.41) is 25.5. The van der Waals surface area contributed by atoms with E-state index in [9.17, 15) is 15.0 Å². The quantitative estimate of drug-likeness (QED) is 0.114. The Morgan fingerprint density at radius 3 is 2.27 bits per heavy atom. The molecule has 2 aliphatic heterocycles. The van der Waals surface area contributed by atoms with E-state index in [2.05, 4.69) is 39.8 Å². The highest BCUT2D eigenvalue weighted by Crippen LogP contribution is 2.39. The number of rotatable bonds is 11. The van der Waals surface area contributed by atoms with Crippen LogP contribution < -0.4 is 15.4 Å². The molecule has 4 N–H and O–H groups in total. The molecule has 0 spiro atoms. The van der Waals surface area contributed by atoms with E-state index in [0.29, 0.717) is 30.9 Å². The lowest BCUT2D eigenvalue weighted by Gasteiger charge is -2.38. The Hall–Kier alpha value is -5.03. The Kier molecular flexibility index (Phi) is 11.0. The fourth-order valence-electron chi connectivity index (χ4n) is 6.61. The number of amides is 2. The van der Waals surface area contributed by atoms with Crippen molar-refractivity contribution >= 4 is 11.7 Å². The second-order valence-corrected chi connectivity index (χ2v) is 13.1. The minimum Gasteiger partial charge on any atom is -0.457 e. The maximum absolute atomic E-state index is 12.7. The van der Waals surface area contributed by atoms with Gasteiger partial charge in [-0.25, -0.2) is 4.79 Å². The number of hydrogen-bond acceptors (Lipinski definition) is 7. The highest BCUT2D eigenvalue weighted by Gasteiger charge is 2.34. The molecule has 4 atom stereocenters. The number of nitrogens with one attached hydrogen (secondary N) is 2. The van der Waals surface area contributed by atoms with Gasteiger partial charge in [0.1, 0.15) is 11.5 Å². The van der Waals surface area contributed by atoms with E-state index >= 15 is 0 Å². The summed E-state index contributed by atoms with van der Waals surface area (Å²) in [4.78, 5) is 15.0. The molecular formula is C42H43N3O6. The summed E-state index contributed by atoms with van der Waals surface area (Å²) >= 11 is 0. The summed E-state index contributed by atoms with van der Waals surface area (Å²) in [6.07, 6.45) is 0.334. The standard InChI is InChI=1S/C42H43N3O6/c46-28-29-12-14-31(15-13-29)40-24-39(27-45-21-20-36(47)26-45)50-41(51-40)34-9-5-8-33(23-34)32-7-4-6-30(22-32)25-43-42(48)44-35-16-18-38(19-17-35)49-37-10-2-1-3-11-37/h1-19,22-23,36,39-41,46-47H,20-21,24-28H2,(H2,43,44,48)/t36-,39-,40+,41+/m0/s1. The third-order valence-corrected chi connectivity index (χ3v) is 9.29. The Labute approximate surface area is 298 Å². The van der Waals surface area contributed by atoms with Crippen molar-refractivity contribution in [3.63, 3.8) is 0 Å². The first-order valence-corrected chi connectivity index (χ1v) is 17.5. The molecule has 7 rings (SSSR count). The molecule has 262 valence electrons. The van der Waals surface area contributed by atoms with Crippen LogP contribution in [-0.4, -0.2) is 53.0 Å². The number of anilines is 1. The van der Waals surface area contributed by atoms with Crippen LogP contribution in [0.1, 0.15) is 47.5 Å². The first-order chi connectivity index (χ1) is 25.0. The highest BCUT2D eigenvalue weighted by molar-refractivity contribution is 5.89. The van der Waals surface area contributed by atoms with E-state index in [4.69, 9.17) is 14.2 Å². The Balaban J connectivity index is 0.997. The number of nitrogens with zero attached hydrogens (tertiary/aromatic N) is 1. The van der Waals surface area contributed by atoms with Crippen molar-refractivity contribution in [2.24, 2.45) is 0 Å². The Morgan fingerprint density at radius 1 is 0.784 bits per heavy atom. The molecule has 2 saturated heterocycles.